The van der Waals surface area contributed by atoms with Gasteiger partial charge >= 0.3 is 0 Å². The molecular formula is C23H31N3O3S. The summed E-state index contributed by atoms with van der Waals surface area (Å²) < 4.78 is 10.7. The first-order valence-corrected chi connectivity index (χ1v) is 11.2. The molecule has 1 atom stereocenters. The third-order valence-electron chi connectivity index (χ3n) is 5.47. The van der Waals surface area contributed by atoms with Crippen molar-refractivity contribution in [3.8, 4) is 22.8 Å². The van der Waals surface area contributed by atoms with Crippen LogP contribution in [-0.4, -0.2) is 47.6 Å². The molecule has 2 N–H and O–H groups in total. The van der Waals surface area contributed by atoms with Crippen molar-refractivity contribution in [1.29, 1.82) is 5.41 Å². The van der Waals surface area contributed by atoms with Gasteiger partial charge in [-0.3, -0.25) is 5.41 Å². The number of aliphatic hydroxyl groups is 1. The zero-order valence-corrected chi connectivity index (χ0v) is 19.2. The van der Waals surface area contributed by atoms with Gasteiger partial charge in [-0.25, -0.2) is 4.98 Å². The van der Waals surface area contributed by atoms with Crippen LogP contribution in [0.2, 0.25) is 0 Å². The maximum Gasteiger partial charge on any atom is 0.161 e. The number of rotatable bonds is 9. The molecule has 1 aromatic carbocycles. The van der Waals surface area contributed by atoms with Gasteiger partial charge < -0.3 is 19.5 Å². The van der Waals surface area contributed by atoms with E-state index in [1.165, 1.54) is 17.8 Å². The Bertz CT molecular complexity index is 936. The molecule has 0 bridgehead atoms. The van der Waals surface area contributed by atoms with Crippen LogP contribution in [0.1, 0.15) is 45.0 Å². The maximum absolute atomic E-state index is 10.6. The van der Waals surface area contributed by atoms with E-state index in [0.29, 0.717) is 40.4 Å². The zero-order chi connectivity index (χ0) is 21.8. The highest BCUT2D eigenvalue weighted by Crippen LogP contribution is 2.36. The number of thiazole rings is 1. The van der Waals surface area contributed by atoms with E-state index in [0.717, 1.165) is 24.1 Å². The Morgan fingerprint density at radius 2 is 1.90 bits per heavy atom. The lowest BCUT2D eigenvalue weighted by Crippen LogP contribution is -2.35. The molecule has 0 aliphatic carbocycles. The SMILES string of the molecule is COc1ccc(-c2csc(C3=C(O)CN(C(C)CCCC(C)C)C3=N)n2)cc1OC. The van der Waals surface area contributed by atoms with Gasteiger partial charge in [-0.05, 0) is 37.5 Å². The van der Waals surface area contributed by atoms with Gasteiger partial charge in [0.25, 0.3) is 0 Å². The highest BCUT2D eigenvalue weighted by Gasteiger charge is 2.32. The number of hydrogen-bond donors (Lipinski definition) is 2. The summed E-state index contributed by atoms with van der Waals surface area (Å²) in [6.45, 7) is 6.96. The normalized spacial score (nSPS) is 15.3. The first-order valence-electron chi connectivity index (χ1n) is 10.3. The highest BCUT2D eigenvalue weighted by atomic mass is 32.1. The zero-order valence-electron chi connectivity index (χ0n) is 18.4. The van der Waals surface area contributed by atoms with Gasteiger partial charge in [-0.2, -0.15) is 0 Å². The summed E-state index contributed by atoms with van der Waals surface area (Å²) in [5, 5.41) is 21.9. The number of ether oxygens (including phenoxy) is 2. The van der Waals surface area contributed by atoms with Crippen LogP contribution in [0.5, 0.6) is 11.5 Å². The molecule has 1 unspecified atom stereocenters. The Morgan fingerprint density at radius 1 is 1.17 bits per heavy atom. The molecule has 1 aliphatic rings. The number of aliphatic hydroxyl groups excluding tert-OH is 1. The van der Waals surface area contributed by atoms with Crippen molar-refractivity contribution in [2.45, 2.75) is 46.1 Å². The van der Waals surface area contributed by atoms with Gasteiger partial charge in [0.05, 0.1) is 32.0 Å². The topological polar surface area (TPSA) is 78.7 Å². The van der Waals surface area contributed by atoms with Crippen LogP contribution in [-0.2, 0) is 0 Å². The summed E-state index contributed by atoms with van der Waals surface area (Å²) in [6.07, 6.45) is 3.31. The summed E-state index contributed by atoms with van der Waals surface area (Å²) in [7, 11) is 3.21. The van der Waals surface area contributed by atoms with Crippen LogP contribution in [0.4, 0.5) is 0 Å². The highest BCUT2D eigenvalue weighted by molar-refractivity contribution is 7.11. The van der Waals surface area contributed by atoms with Gasteiger partial charge in [0.15, 0.2) is 11.5 Å². The Labute approximate surface area is 182 Å². The molecule has 3 rings (SSSR count). The number of hydrogen-bond acceptors (Lipinski definition) is 6. The van der Waals surface area contributed by atoms with Crippen molar-refractivity contribution in [2.75, 3.05) is 20.8 Å². The van der Waals surface area contributed by atoms with Gasteiger partial charge in [0, 0.05) is 17.0 Å². The van der Waals surface area contributed by atoms with Gasteiger partial charge in [-0.1, -0.05) is 26.7 Å². The molecule has 1 aromatic heterocycles. The van der Waals surface area contributed by atoms with Gasteiger partial charge in [0.1, 0.15) is 16.6 Å². The standard InChI is InChI=1S/C23H31N3O3S/c1-14(2)7-6-8-15(3)26-12-18(27)21(22(26)24)23-25-17(13-30-23)16-9-10-19(28-4)20(11-16)29-5/h9-11,13-15,24,27H,6-8,12H2,1-5H3. The Balaban J connectivity index is 1.76. The number of aromatic nitrogens is 1. The van der Waals surface area contributed by atoms with Crippen LogP contribution in [0.3, 0.4) is 0 Å². The fourth-order valence-corrected chi connectivity index (χ4v) is 4.59. The summed E-state index contributed by atoms with van der Waals surface area (Å²) in [6, 6.07) is 5.87. The van der Waals surface area contributed by atoms with Crippen molar-refractivity contribution in [1.82, 2.24) is 9.88 Å². The predicted octanol–water partition coefficient (Wildman–Crippen LogP) is 5.60. The fraction of sp³-hybridized carbons (Fsp3) is 0.478. The van der Waals surface area contributed by atoms with E-state index in [-0.39, 0.29) is 11.8 Å². The minimum Gasteiger partial charge on any atom is -0.510 e. The minimum absolute atomic E-state index is 0.209. The number of nitrogens with one attached hydrogen (secondary N) is 1. The Morgan fingerprint density at radius 3 is 2.57 bits per heavy atom. The Hall–Kier alpha value is -2.54. The molecule has 0 fully saturated rings. The third-order valence-corrected chi connectivity index (χ3v) is 6.33. The number of amidine groups is 1. The lowest BCUT2D eigenvalue weighted by Gasteiger charge is -2.26. The summed E-state index contributed by atoms with van der Waals surface area (Å²) in [4.78, 5) is 6.68. The molecule has 162 valence electrons. The first-order chi connectivity index (χ1) is 14.3. The fourth-order valence-electron chi connectivity index (χ4n) is 3.69. The second-order valence-electron chi connectivity index (χ2n) is 8.08. The molecule has 0 radical (unpaired) electrons. The largest absolute Gasteiger partial charge is 0.510 e. The molecule has 7 heteroatoms. The van der Waals surface area contributed by atoms with Gasteiger partial charge in [-0.15, -0.1) is 11.3 Å². The smallest absolute Gasteiger partial charge is 0.161 e. The molecule has 6 nitrogen and oxygen atoms in total. The van der Waals surface area contributed by atoms with Crippen molar-refractivity contribution in [3.05, 3.63) is 34.3 Å². The average molecular weight is 430 g/mol. The molecule has 0 spiro atoms. The number of nitrogens with zero attached hydrogens (tertiary/aromatic N) is 2. The van der Waals surface area contributed by atoms with Crippen molar-refractivity contribution >= 4 is 22.7 Å². The van der Waals surface area contributed by atoms with E-state index in [2.05, 4.69) is 20.8 Å². The van der Waals surface area contributed by atoms with E-state index < -0.39 is 0 Å². The molecule has 30 heavy (non-hydrogen) atoms. The average Bonchev–Trinajstić information content (AvgIpc) is 3.31. The molecule has 2 heterocycles. The van der Waals surface area contributed by atoms with Crippen molar-refractivity contribution < 1.29 is 14.6 Å². The lowest BCUT2D eigenvalue weighted by atomic mass is 10.0. The van der Waals surface area contributed by atoms with E-state index in [1.54, 1.807) is 14.2 Å². The van der Waals surface area contributed by atoms with Crippen LogP contribution >= 0.6 is 11.3 Å². The van der Waals surface area contributed by atoms with Gasteiger partial charge in [0.2, 0.25) is 0 Å². The van der Waals surface area contributed by atoms with Crippen LogP contribution in [0, 0.1) is 11.3 Å². The first kappa shape index (κ1) is 22.2. The van der Waals surface area contributed by atoms with E-state index in [9.17, 15) is 5.11 Å². The van der Waals surface area contributed by atoms with E-state index in [4.69, 9.17) is 19.9 Å². The summed E-state index contributed by atoms with van der Waals surface area (Å²) >= 11 is 1.44. The monoisotopic (exact) mass is 429 g/mol. The number of benzene rings is 1. The lowest BCUT2D eigenvalue weighted by molar-refractivity contribution is 0.289. The Kier molecular flexibility index (Phi) is 7.02. The second kappa shape index (κ2) is 9.51. The van der Waals surface area contributed by atoms with E-state index in [1.807, 2.05) is 28.5 Å². The molecular weight excluding hydrogens is 398 g/mol. The second-order valence-corrected chi connectivity index (χ2v) is 8.94. The van der Waals surface area contributed by atoms with Crippen molar-refractivity contribution in [2.24, 2.45) is 5.92 Å². The quantitative estimate of drug-likeness (QED) is 0.542. The van der Waals surface area contributed by atoms with Crippen LogP contribution in [0.25, 0.3) is 16.8 Å². The number of methoxy groups -OCH3 is 2. The molecule has 2 aromatic rings. The molecule has 0 saturated heterocycles. The predicted molar refractivity (Wildman–Crippen MR) is 123 cm³/mol. The van der Waals surface area contributed by atoms with E-state index >= 15 is 0 Å². The third kappa shape index (κ3) is 4.61. The van der Waals surface area contributed by atoms with Crippen LogP contribution in [0.15, 0.2) is 29.3 Å². The summed E-state index contributed by atoms with van der Waals surface area (Å²) in [5.74, 6) is 2.57. The minimum atomic E-state index is 0.209. The van der Waals surface area contributed by atoms with Crippen LogP contribution < -0.4 is 9.47 Å². The maximum atomic E-state index is 10.6. The molecule has 0 saturated carbocycles. The van der Waals surface area contributed by atoms with Crippen molar-refractivity contribution in [3.63, 3.8) is 0 Å². The molecule has 0 amide bonds. The molecule has 1 aliphatic heterocycles. The summed E-state index contributed by atoms with van der Waals surface area (Å²) in [5.41, 5.74) is 2.23.